The summed E-state index contributed by atoms with van der Waals surface area (Å²) in [4.78, 5) is 21.1. The van der Waals surface area contributed by atoms with Crippen molar-refractivity contribution in [2.75, 3.05) is 13.7 Å². The predicted molar refractivity (Wildman–Crippen MR) is 99.1 cm³/mol. The van der Waals surface area contributed by atoms with Crippen LogP contribution in [0.4, 0.5) is 13.2 Å². The number of aryl methyl sites for hydroxylation is 1. The molecule has 0 radical (unpaired) electrons. The number of amides is 1. The van der Waals surface area contributed by atoms with Crippen LogP contribution in [0.25, 0.3) is 0 Å². The number of nitrogens with zero attached hydrogens (tertiary/aromatic N) is 2. The van der Waals surface area contributed by atoms with Gasteiger partial charge in [0.25, 0.3) is 5.91 Å². The van der Waals surface area contributed by atoms with Gasteiger partial charge in [-0.2, -0.15) is 13.2 Å². The molecule has 1 rings (SSSR count). The molecule has 2 N–H and O–H groups in total. The third kappa shape index (κ3) is 7.49. The first-order valence-corrected chi connectivity index (χ1v) is 9.75. The fourth-order valence-corrected chi connectivity index (χ4v) is 2.72. The zero-order valence-electron chi connectivity index (χ0n) is 16.5. The Labute approximate surface area is 166 Å². The zero-order valence-corrected chi connectivity index (χ0v) is 17.3. The average molecular weight is 440 g/mol. The maximum atomic E-state index is 12.5. The van der Waals surface area contributed by atoms with Crippen molar-refractivity contribution in [2.45, 2.75) is 44.8 Å². The molecule has 0 bridgehead atoms. The monoisotopic (exact) mass is 440 g/mol. The molecule has 1 atom stereocenters. The van der Waals surface area contributed by atoms with Gasteiger partial charge in [-0.3, -0.25) is 9.78 Å². The van der Waals surface area contributed by atoms with E-state index in [1.165, 1.54) is 37.2 Å². The summed E-state index contributed by atoms with van der Waals surface area (Å²) < 4.78 is 66.1. The Morgan fingerprint density at radius 3 is 2.55 bits per heavy atom. The summed E-state index contributed by atoms with van der Waals surface area (Å²) in [6.07, 6.45) is 2.66. The first kappa shape index (κ1) is 24.6. The second-order valence-corrected chi connectivity index (χ2v) is 8.38. The van der Waals surface area contributed by atoms with Crippen LogP contribution in [-0.2, 0) is 14.9 Å². The van der Waals surface area contributed by atoms with Crippen molar-refractivity contribution in [3.05, 3.63) is 23.5 Å². The van der Waals surface area contributed by atoms with Crippen molar-refractivity contribution >= 4 is 22.1 Å². The highest BCUT2D eigenvalue weighted by Crippen LogP contribution is 2.22. The highest BCUT2D eigenvalue weighted by Gasteiger charge is 2.46. The minimum Gasteiger partial charge on any atom is -0.490 e. The summed E-state index contributed by atoms with van der Waals surface area (Å²) >= 11 is 0. The summed E-state index contributed by atoms with van der Waals surface area (Å²) in [6.45, 7) is 5.76. The van der Waals surface area contributed by atoms with Gasteiger partial charge in [0.15, 0.2) is 0 Å². The highest BCUT2D eigenvalue weighted by molar-refractivity contribution is 7.90. The molecule has 1 heterocycles. The van der Waals surface area contributed by atoms with Crippen LogP contribution in [0.1, 0.15) is 36.8 Å². The fourth-order valence-electron chi connectivity index (χ4n) is 1.99. The number of nitrogens with one attached hydrogen (secondary N) is 2. The van der Waals surface area contributed by atoms with E-state index in [9.17, 15) is 26.4 Å². The number of sulfonamides is 1. The Balaban J connectivity index is 2.84. The van der Waals surface area contributed by atoms with Gasteiger partial charge in [-0.15, -0.1) is 0 Å². The number of hydrogen-bond donors (Lipinski definition) is 2. The van der Waals surface area contributed by atoms with Crippen LogP contribution in [-0.4, -0.2) is 56.3 Å². The largest absolute Gasteiger partial charge is 0.511 e. The Morgan fingerprint density at radius 1 is 1.38 bits per heavy atom. The van der Waals surface area contributed by atoms with E-state index in [4.69, 9.17) is 4.74 Å². The number of hydrogen-bond acceptors (Lipinski definition) is 7. The Kier molecular flexibility index (Phi) is 7.98. The van der Waals surface area contributed by atoms with Gasteiger partial charge < -0.3 is 14.9 Å². The van der Waals surface area contributed by atoms with Crippen molar-refractivity contribution in [3.63, 3.8) is 0 Å². The lowest BCUT2D eigenvalue weighted by Gasteiger charge is -2.21. The maximum absolute atomic E-state index is 12.5. The van der Waals surface area contributed by atoms with Crippen LogP contribution in [0.5, 0.6) is 5.75 Å². The summed E-state index contributed by atoms with van der Waals surface area (Å²) in [7, 11) is -4.13. The molecule has 0 unspecified atom stereocenters. The molecule has 0 aliphatic carbocycles. The molecular formula is C16H23F3N4O5S. The first-order valence-electron chi connectivity index (χ1n) is 8.27. The molecule has 0 saturated carbocycles. The van der Waals surface area contributed by atoms with Crippen molar-refractivity contribution in [3.8, 4) is 5.75 Å². The lowest BCUT2D eigenvalue weighted by molar-refractivity contribution is -0.0451. The molecule has 13 heteroatoms. The van der Waals surface area contributed by atoms with Gasteiger partial charge in [-0.25, -0.2) is 13.1 Å². The lowest BCUT2D eigenvalue weighted by atomic mass is 10.1. The zero-order chi connectivity index (χ0) is 22.5. The minimum atomic E-state index is -5.49. The van der Waals surface area contributed by atoms with E-state index in [1.54, 1.807) is 20.8 Å². The maximum Gasteiger partial charge on any atom is 0.511 e. The number of pyridine rings is 1. The second kappa shape index (κ2) is 9.39. The van der Waals surface area contributed by atoms with Gasteiger partial charge in [-0.05, 0) is 33.8 Å². The molecule has 29 heavy (non-hydrogen) atoms. The van der Waals surface area contributed by atoms with Gasteiger partial charge in [0.1, 0.15) is 19.5 Å². The number of carbonyl (C=O) groups excluding carboxylic acids is 1. The fraction of sp³-hybridized carbons (Fsp3) is 0.562. The van der Waals surface area contributed by atoms with E-state index >= 15 is 0 Å². The molecule has 1 amide bonds. The van der Waals surface area contributed by atoms with Crippen LogP contribution in [0.2, 0.25) is 0 Å². The van der Waals surface area contributed by atoms with Gasteiger partial charge in [0.05, 0.1) is 35.2 Å². The van der Waals surface area contributed by atoms with E-state index in [-0.39, 0.29) is 11.3 Å². The quantitative estimate of drug-likeness (QED) is 0.446. The average Bonchev–Trinajstić information content (AvgIpc) is 2.57. The smallest absolute Gasteiger partial charge is 0.490 e. The lowest BCUT2D eigenvalue weighted by Crippen LogP contribution is -2.45. The van der Waals surface area contributed by atoms with Crippen LogP contribution < -0.4 is 14.8 Å². The molecule has 9 nitrogen and oxygen atoms in total. The topological polar surface area (TPSA) is 119 Å². The predicted octanol–water partition coefficient (Wildman–Crippen LogP) is 1.74. The van der Waals surface area contributed by atoms with E-state index in [2.05, 4.69) is 20.3 Å². The highest BCUT2D eigenvalue weighted by atomic mass is 32.2. The van der Waals surface area contributed by atoms with Crippen molar-refractivity contribution in [1.82, 2.24) is 15.0 Å². The number of carbonyl (C=O) groups is 1. The normalized spacial score (nSPS) is 13.9. The SMILES string of the molecule is CO/N=C/C(C)(C)NC(=O)c1cc(OC[C@H](C)NS(=O)(=O)C(F)(F)F)cnc1C. The van der Waals surface area contributed by atoms with Crippen molar-refractivity contribution in [1.29, 1.82) is 0 Å². The Hall–Kier alpha value is -2.41. The number of alkyl halides is 3. The summed E-state index contributed by atoms with van der Waals surface area (Å²) in [6, 6.07) is 0.177. The van der Waals surface area contributed by atoms with E-state index in [0.29, 0.717) is 5.69 Å². The molecular weight excluding hydrogens is 417 g/mol. The molecule has 0 aromatic carbocycles. The van der Waals surface area contributed by atoms with Gasteiger partial charge in [0, 0.05) is 0 Å². The van der Waals surface area contributed by atoms with Crippen LogP contribution in [0.3, 0.4) is 0 Å². The van der Waals surface area contributed by atoms with E-state index < -0.39 is 39.6 Å². The minimum absolute atomic E-state index is 0.0853. The van der Waals surface area contributed by atoms with Gasteiger partial charge in [-0.1, -0.05) is 5.16 Å². The molecule has 0 aliphatic rings. The molecule has 0 spiro atoms. The number of ether oxygens (including phenoxy) is 1. The summed E-state index contributed by atoms with van der Waals surface area (Å²) in [5.74, 6) is -0.402. The van der Waals surface area contributed by atoms with Crippen LogP contribution in [0, 0.1) is 6.92 Å². The van der Waals surface area contributed by atoms with Gasteiger partial charge >= 0.3 is 15.5 Å². The number of halogens is 3. The standard InChI is InChI=1S/C16H23F3N4O5S/c1-10(23-29(25,26)16(17,18)19)8-28-12-6-13(11(2)20-7-12)14(24)22-15(3,4)9-21-27-5/h6-7,9-10,23H,8H2,1-5H3,(H,22,24)/b21-9+/t10-/m0/s1. The molecule has 0 fully saturated rings. The van der Waals surface area contributed by atoms with E-state index in [1.807, 2.05) is 0 Å². The number of aromatic nitrogens is 1. The molecule has 0 saturated heterocycles. The third-order valence-electron chi connectivity index (χ3n) is 3.38. The molecule has 0 aliphatic heterocycles. The number of rotatable bonds is 9. The summed E-state index contributed by atoms with van der Waals surface area (Å²) in [5, 5.41) is 6.32. The van der Waals surface area contributed by atoms with Crippen LogP contribution in [0.15, 0.2) is 17.4 Å². The molecule has 1 aromatic rings. The van der Waals surface area contributed by atoms with Gasteiger partial charge in [0.2, 0.25) is 0 Å². The summed E-state index contributed by atoms with van der Waals surface area (Å²) in [5.41, 5.74) is -5.69. The first-order chi connectivity index (χ1) is 13.2. The van der Waals surface area contributed by atoms with Crippen LogP contribution >= 0.6 is 0 Å². The van der Waals surface area contributed by atoms with Crippen molar-refractivity contribution in [2.24, 2.45) is 5.16 Å². The Morgan fingerprint density at radius 2 is 2.00 bits per heavy atom. The second-order valence-electron chi connectivity index (χ2n) is 6.68. The van der Waals surface area contributed by atoms with E-state index in [0.717, 1.165) is 0 Å². The molecule has 1 aromatic heterocycles. The molecule has 164 valence electrons. The Bertz CT molecular complexity index is 857. The number of oxime groups is 1. The van der Waals surface area contributed by atoms with Crippen molar-refractivity contribution < 1.29 is 36.0 Å². The third-order valence-corrected chi connectivity index (χ3v) is 4.71.